The van der Waals surface area contributed by atoms with Crippen molar-refractivity contribution in [2.75, 3.05) is 13.2 Å². The van der Waals surface area contributed by atoms with Crippen LogP contribution in [-0.4, -0.2) is 29.2 Å². The molecule has 1 aromatic heterocycles. The molecular weight excluding hydrogens is 368 g/mol. The van der Waals surface area contributed by atoms with E-state index in [1.165, 1.54) is 0 Å². The third-order valence-electron chi connectivity index (χ3n) is 3.89. The fourth-order valence-corrected chi connectivity index (χ4v) is 2.70. The molecule has 0 aliphatic rings. The van der Waals surface area contributed by atoms with Crippen molar-refractivity contribution >= 4 is 28.5 Å². The van der Waals surface area contributed by atoms with E-state index in [1.807, 2.05) is 6.07 Å². The molecule has 0 bridgehead atoms. The summed E-state index contributed by atoms with van der Waals surface area (Å²) in [4.78, 5) is 30.9. The normalized spacial score (nSPS) is 10.7. The molecule has 6 nitrogen and oxygen atoms in total. The quantitative estimate of drug-likeness (QED) is 0.473. The molecule has 140 valence electrons. The van der Waals surface area contributed by atoms with Gasteiger partial charge in [-0.15, -0.1) is 0 Å². The predicted molar refractivity (Wildman–Crippen MR) is 103 cm³/mol. The molecule has 3 rings (SSSR count). The summed E-state index contributed by atoms with van der Waals surface area (Å²) < 4.78 is 10.6. The van der Waals surface area contributed by atoms with Gasteiger partial charge in [-0.1, -0.05) is 23.7 Å². The average Bonchev–Trinajstić information content (AvgIpc) is 2.67. The molecule has 0 unspecified atom stereocenters. The van der Waals surface area contributed by atoms with Gasteiger partial charge in [0.1, 0.15) is 24.8 Å². The summed E-state index contributed by atoms with van der Waals surface area (Å²) in [6.45, 7) is 0.444. The molecule has 0 saturated carbocycles. The van der Waals surface area contributed by atoms with Gasteiger partial charge in [-0.3, -0.25) is 9.59 Å². The molecule has 3 aromatic rings. The molecule has 0 saturated heterocycles. The molecule has 0 atom stereocenters. The van der Waals surface area contributed by atoms with Crippen molar-refractivity contribution in [2.45, 2.75) is 19.3 Å². The molecule has 0 radical (unpaired) electrons. The first-order valence-electron chi connectivity index (χ1n) is 8.64. The second kappa shape index (κ2) is 9.19. The third kappa shape index (κ3) is 5.56. The van der Waals surface area contributed by atoms with Crippen molar-refractivity contribution in [3.63, 3.8) is 0 Å². The monoisotopic (exact) mass is 386 g/mol. The molecule has 0 amide bonds. The minimum atomic E-state index is -0.308. The second-order valence-corrected chi connectivity index (χ2v) is 6.34. The lowest BCUT2D eigenvalue weighted by Gasteiger charge is -2.07. The zero-order valence-electron chi connectivity index (χ0n) is 14.6. The van der Waals surface area contributed by atoms with E-state index in [-0.39, 0.29) is 31.2 Å². The van der Waals surface area contributed by atoms with E-state index < -0.39 is 0 Å². The first-order chi connectivity index (χ1) is 13.1. The summed E-state index contributed by atoms with van der Waals surface area (Å²) in [5.74, 6) is 0.928. The van der Waals surface area contributed by atoms with E-state index >= 15 is 0 Å². The maximum absolute atomic E-state index is 12.0. The number of H-pyrrole nitrogens is 1. The highest BCUT2D eigenvalue weighted by Gasteiger charge is 2.06. The van der Waals surface area contributed by atoms with Crippen molar-refractivity contribution in [2.24, 2.45) is 0 Å². The number of nitrogens with one attached hydrogen (secondary N) is 1. The zero-order chi connectivity index (χ0) is 19.1. The largest absolute Gasteiger partial charge is 0.490 e. The first-order valence-corrected chi connectivity index (χ1v) is 9.01. The molecule has 0 aliphatic carbocycles. The van der Waals surface area contributed by atoms with Gasteiger partial charge in [0.15, 0.2) is 0 Å². The topological polar surface area (TPSA) is 81.3 Å². The fraction of sp³-hybridized carbons (Fsp3) is 0.250. The van der Waals surface area contributed by atoms with Gasteiger partial charge in [0, 0.05) is 17.9 Å². The Bertz CT molecular complexity index is 970. The predicted octanol–water partition coefficient (Wildman–Crippen LogP) is 3.52. The van der Waals surface area contributed by atoms with Crippen LogP contribution in [0.15, 0.2) is 53.3 Å². The number of para-hydroxylation sites is 1. The van der Waals surface area contributed by atoms with Crippen LogP contribution < -0.4 is 10.3 Å². The number of aryl methyl sites for hydroxylation is 1. The van der Waals surface area contributed by atoms with Gasteiger partial charge < -0.3 is 14.5 Å². The number of aromatic amines is 1. The Balaban J connectivity index is 1.38. The van der Waals surface area contributed by atoms with Crippen LogP contribution >= 0.6 is 11.6 Å². The average molecular weight is 387 g/mol. The number of nitrogens with zero attached hydrogens (tertiary/aromatic N) is 1. The Morgan fingerprint density at radius 3 is 2.67 bits per heavy atom. The van der Waals surface area contributed by atoms with Crippen LogP contribution in [0.1, 0.15) is 18.7 Å². The van der Waals surface area contributed by atoms with Crippen molar-refractivity contribution in [3.05, 3.63) is 69.7 Å². The number of ether oxygens (including phenoxy) is 2. The summed E-state index contributed by atoms with van der Waals surface area (Å²) in [6.07, 6.45) is 1.28. The maximum atomic E-state index is 12.0. The number of esters is 1. The van der Waals surface area contributed by atoms with Crippen LogP contribution in [0.5, 0.6) is 5.75 Å². The third-order valence-corrected chi connectivity index (χ3v) is 4.14. The van der Waals surface area contributed by atoms with Gasteiger partial charge in [0.05, 0.1) is 10.9 Å². The molecular formula is C20H19ClN2O4. The summed E-state index contributed by atoms with van der Waals surface area (Å²) in [5, 5.41) is 1.19. The van der Waals surface area contributed by atoms with Gasteiger partial charge in [-0.05, 0) is 42.8 Å². The number of carbonyl (C=O) groups excluding carboxylic acids is 1. The van der Waals surface area contributed by atoms with Crippen molar-refractivity contribution in [1.82, 2.24) is 9.97 Å². The highest BCUT2D eigenvalue weighted by molar-refractivity contribution is 6.30. The van der Waals surface area contributed by atoms with Crippen LogP contribution in [0.2, 0.25) is 5.02 Å². The van der Waals surface area contributed by atoms with Crippen LogP contribution in [0, 0.1) is 0 Å². The summed E-state index contributed by atoms with van der Waals surface area (Å²) >= 11 is 5.80. The summed E-state index contributed by atoms with van der Waals surface area (Å²) in [7, 11) is 0. The van der Waals surface area contributed by atoms with Gasteiger partial charge in [-0.2, -0.15) is 0 Å². The van der Waals surface area contributed by atoms with Crippen molar-refractivity contribution in [3.8, 4) is 5.75 Å². The van der Waals surface area contributed by atoms with E-state index in [4.69, 9.17) is 21.1 Å². The minimum Gasteiger partial charge on any atom is -0.490 e. The SMILES string of the molecule is O=C(CCCc1nc2ccccc2c(=O)[nH]1)OCCOc1ccc(Cl)cc1. The Kier molecular flexibility index (Phi) is 6.44. The number of carbonyl (C=O) groups is 1. The Morgan fingerprint density at radius 1 is 1.07 bits per heavy atom. The highest BCUT2D eigenvalue weighted by atomic mass is 35.5. The van der Waals surface area contributed by atoms with Crippen LogP contribution in [0.4, 0.5) is 0 Å². The molecule has 0 spiro atoms. The van der Waals surface area contributed by atoms with Gasteiger partial charge in [-0.25, -0.2) is 4.98 Å². The number of halogens is 1. The maximum Gasteiger partial charge on any atom is 0.305 e. The van der Waals surface area contributed by atoms with Gasteiger partial charge in [0.2, 0.25) is 0 Å². The summed E-state index contributed by atoms with van der Waals surface area (Å²) in [5.41, 5.74) is 0.482. The first kappa shape index (κ1) is 18.9. The van der Waals surface area contributed by atoms with E-state index in [2.05, 4.69) is 9.97 Å². The van der Waals surface area contributed by atoms with Gasteiger partial charge >= 0.3 is 5.97 Å². The molecule has 7 heteroatoms. The lowest BCUT2D eigenvalue weighted by atomic mass is 10.2. The smallest absolute Gasteiger partial charge is 0.305 e. The molecule has 27 heavy (non-hydrogen) atoms. The van der Waals surface area contributed by atoms with Crippen LogP contribution in [0.3, 0.4) is 0 Å². The van der Waals surface area contributed by atoms with E-state index in [0.717, 1.165) is 0 Å². The van der Waals surface area contributed by atoms with Gasteiger partial charge in [0.25, 0.3) is 5.56 Å². The number of rotatable bonds is 8. The minimum absolute atomic E-state index is 0.169. The molecule has 0 aliphatic heterocycles. The molecule has 0 fully saturated rings. The van der Waals surface area contributed by atoms with Crippen molar-refractivity contribution < 1.29 is 14.3 Å². The van der Waals surface area contributed by atoms with E-state index in [1.54, 1.807) is 42.5 Å². The Hall–Kier alpha value is -2.86. The Morgan fingerprint density at radius 2 is 1.85 bits per heavy atom. The highest BCUT2D eigenvalue weighted by Crippen LogP contribution is 2.15. The fourth-order valence-electron chi connectivity index (χ4n) is 2.57. The van der Waals surface area contributed by atoms with Crippen LogP contribution in [0.25, 0.3) is 10.9 Å². The lowest BCUT2D eigenvalue weighted by Crippen LogP contribution is -2.14. The number of hydrogen-bond acceptors (Lipinski definition) is 5. The van der Waals surface area contributed by atoms with Crippen LogP contribution in [-0.2, 0) is 16.0 Å². The standard InChI is InChI=1S/C20H19ClN2O4/c21-14-8-10-15(11-9-14)26-12-13-27-19(24)7-3-6-18-22-17-5-2-1-4-16(17)20(25)23-18/h1-2,4-5,8-11H,3,6-7,12-13H2,(H,22,23,25). The van der Waals surface area contributed by atoms with E-state index in [0.29, 0.717) is 40.3 Å². The molecule has 1 heterocycles. The van der Waals surface area contributed by atoms with E-state index in [9.17, 15) is 9.59 Å². The number of benzene rings is 2. The number of aromatic nitrogens is 2. The second-order valence-electron chi connectivity index (χ2n) is 5.91. The number of hydrogen-bond donors (Lipinski definition) is 1. The Labute approximate surface area is 161 Å². The summed E-state index contributed by atoms with van der Waals surface area (Å²) in [6, 6.07) is 14.1. The lowest BCUT2D eigenvalue weighted by molar-refractivity contribution is -0.144. The zero-order valence-corrected chi connectivity index (χ0v) is 15.4. The number of fused-ring (bicyclic) bond motifs is 1. The molecule has 2 aromatic carbocycles. The molecule has 1 N–H and O–H groups in total. The van der Waals surface area contributed by atoms with Crippen molar-refractivity contribution in [1.29, 1.82) is 0 Å².